The van der Waals surface area contributed by atoms with Gasteiger partial charge >= 0.3 is 12.1 Å². The van der Waals surface area contributed by atoms with E-state index in [4.69, 9.17) is 14.9 Å². The van der Waals surface area contributed by atoms with Crippen molar-refractivity contribution in [2.45, 2.75) is 25.1 Å². The Hall–Kier alpha value is -2.26. The van der Waals surface area contributed by atoms with Crippen LogP contribution in [0.1, 0.15) is 12.0 Å². The fourth-order valence-corrected chi connectivity index (χ4v) is 2.34. The zero-order chi connectivity index (χ0) is 18.7. The van der Waals surface area contributed by atoms with E-state index < -0.39 is 36.7 Å². The summed E-state index contributed by atoms with van der Waals surface area (Å²) in [7, 11) is 0. The minimum Gasteiger partial charge on any atom is -0.480 e. The zero-order valence-corrected chi connectivity index (χ0v) is 14.6. The summed E-state index contributed by atoms with van der Waals surface area (Å²) in [6.07, 6.45) is 1.36. The Morgan fingerprint density at radius 3 is 2.40 bits per heavy atom. The second kappa shape index (κ2) is 11.3. The third-order valence-electron chi connectivity index (χ3n) is 3.23. The number of rotatable bonds is 10. The first kappa shape index (κ1) is 20.8. The second-order valence-corrected chi connectivity index (χ2v) is 6.11. The second-order valence-electron chi connectivity index (χ2n) is 5.12. The SMILES string of the molecule is CSCC[C@H](NC(=O)OCc1ccccc1)C(=O)N[C@H](CO)C(=O)O. The molecule has 0 saturated carbocycles. The van der Waals surface area contributed by atoms with Gasteiger partial charge in [-0.3, -0.25) is 4.79 Å². The number of hydrogen-bond donors (Lipinski definition) is 4. The number of aliphatic carboxylic acids is 1. The highest BCUT2D eigenvalue weighted by Gasteiger charge is 2.26. The molecule has 0 unspecified atom stereocenters. The summed E-state index contributed by atoms with van der Waals surface area (Å²) >= 11 is 1.48. The molecule has 1 aromatic carbocycles. The fraction of sp³-hybridized carbons (Fsp3) is 0.438. The first-order valence-corrected chi connectivity index (χ1v) is 8.97. The topological polar surface area (TPSA) is 125 Å². The van der Waals surface area contributed by atoms with Crippen LogP contribution in [0.5, 0.6) is 0 Å². The summed E-state index contributed by atoms with van der Waals surface area (Å²) in [6, 6.07) is 6.68. The van der Waals surface area contributed by atoms with E-state index in [9.17, 15) is 14.4 Å². The molecule has 0 heterocycles. The molecule has 4 N–H and O–H groups in total. The van der Waals surface area contributed by atoms with E-state index in [0.717, 1.165) is 5.56 Å². The molecule has 0 saturated heterocycles. The van der Waals surface area contributed by atoms with E-state index in [1.54, 1.807) is 12.1 Å². The lowest BCUT2D eigenvalue weighted by atomic mass is 10.2. The summed E-state index contributed by atoms with van der Waals surface area (Å²) in [6.45, 7) is -0.688. The molecule has 0 bridgehead atoms. The first-order chi connectivity index (χ1) is 12.0. The minimum atomic E-state index is -1.42. The highest BCUT2D eigenvalue weighted by Crippen LogP contribution is 2.04. The van der Waals surface area contributed by atoms with Crippen LogP contribution in [0.3, 0.4) is 0 Å². The molecule has 0 radical (unpaired) electrons. The van der Waals surface area contributed by atoms with E-state index in [0.29, 0.717) is 12.2 Å². The molecular formula is C16H22N2O6S. The number of aliphatic hydroxyl groups is 1. The van der Waals surface area contributed by atoms with Crippen molar-refractivity contribution < 1.29 is 29.3 Å². The standard InChI is InChI=1S/C16H22N2O6S/c1-25-8-7-12(14(20)17-13(9-19)15(21)22)18-16(23)24-10-11-5-3-2-4-6-11/h2-6,12-13,19H,7-10H2,1H3,(H,17,20)(H,18,23)(H,21,22)/t12-,13+/m0/s1. The Labute approximate surface area is 149 Å². The van der Waals surface area contributed by atoms with Gasteiger partial charge in [-0.25, -0.2) is 9.59 Å². The molecule has 25 heavy (non-hydrogen) atoms. The maximum atomic E-state index is 12.2. The Morgan fingerprint density at radius 2 is 1.84 bits per heavy atom. The Bertz CT molecular complexity index is 569. The number of ether oxygens (including phenoxy) is 1. The lowest BCUT2D eigenvalue weighted by Gasteiger charge is -2.20. The third-order valence-corrected chi connectivity index (χ3v) is 3.87. The third kappa shape index (κ3) is 7.90. The molecule has 1 rings (SSSR count). The molecular weight excluding hydrogens is 348 g/mol. The van der Waals surface area contributed by atoms with Crippen molar-refractivity contribution in [3.8, 4) is 0 Å². The lowest BCUT2D eigenvalue weighted by Crippen LogP contribution is -2.53. The molecule has 0 aromatic heterocycles. The summed E-state index contributed by atoms with van der Waals surface area (Å²) in [5.41, 5.74) is 0.800. The predicted octanol–water partition coefficient (Wildman–Crippen LogP) is 0.596. The largest absolute Gasteiger partial charge is 0.480 e. The van der Waals surface area contributed by atoms with Crippen LogP contribution in [0.2, 0.25) is 0 Å². The number of carboxylic acids is 1. The number of carbonyl (C=O) groups is 3. The number of amides is 2. The van der Waals surface area contributed by atoms with Gasteiger partial charge in [-0.15, -0.1) is 0 Å². The Morgan fingerprint density at radius 1 is 1.16 bits per heavy atom. The van der Waals surface area contributed by atoms with Gasteiger partial charge in [-0.2, -0.15) is 11.8 Å². The van der Waals surface area contributed by atoms with Gasteiger partial charge in [0.05, 0.1) is 6.61 Å². The van der Waals surface area contributed by atoms with Crippen molar-refractivity contribution in [1.29, 1.82) is 0 Å². The number of aliphatic hydroxyl groups excluding tert-OH is 1. The molecule has 0 spiro atoms. The van der Waals surface area contributed by atoms with Gasteiger partial charge in [0.15, 0.2) is 0 Å². The van der Waals surface area contributed by atoms with Gasteiger partial charge in [0.25, 0.3) is 0 Å². The number of alkyl carbamates (subject to hydrolysis) is 1. The van der Waals surface area contributed by atoms with Crippen LogP contribution in [0.4, 0.5) is 4.79 Å². The van der Waals surface area contributed by atoms with Gasteiger partial charge in [0.2, 0.25) is 5.91 Å². The number of thioether (sulfide) groups is 1. The summed E-state index contributed by atoms with van der Waals surface area (Å²) in [5, 5.41) is 22.5. The maximum absolute atomic E-state index is 12.2. The molecule has 2 amide bonds. The first-order valence-electron chi connectivity index (χ1n) is 7.58. The van der Waals surface area contributed by atoms with Crippen LogP contribution in [-0.4, -0.2) is 58.9 Å². The molecule has 0 aliphatic heterocycles. The van der Waals surface area contributed by atoms with Crippen molar-refractivity contribution in [2.24, 2.45) is 0 Å². The predicted molar refractivity (Wildman–Crippen MR) is 93.2 cm³/mol. The number of benzene rings is 1. The van der Waals surface area contributed by atoms with E-state index in [-0.39, 0.29) is 6.61 Å². The van der Waals surface area contributed by atoms with Crippen LogP contribution in [0.25, 0.3) is 0 Å². The molecule has 2 atom stereocenters. The Balaban J connectivity index is 2.59. The number of nitrogens with one attached hydrogen (secondary N) is 2. The van der Waals surface area contributed by atoms with Crippen molar-refractivity contribution >= 4 is 29.7 Å². The van der Waals surface area contributed by atoms with E-state index in [1.807, 2.05) is 24.5 Å². The normalized spacial score (nSPS) is 12.7. The fourth-order valence-electron chi connectivity index (χ4n) is 1.87. The zero-order valence-electron chi connectivity index (χ0n) is 13.8. The summed E-state index contributed by atoms with van der Waals surface area (Å²) in [5.74, 6) is -1.47. The van der Waals surface area contributed by atoms with Crippen molar-refractivity contribution in [3.05, 3.63) is 35.9 Å². The van der Waals surface area contributed by atoms with Gasteiger partial charge in [-0.1, -0.05) is 30.3 Å². The van der Waals surface area contributed by atoms with E-state index in [1.165, 1.54) is 11.8 Å². The summed E-state index contributed by atoms with van der Waals surface area (Å²) in [4.78, 5) is 35.0. The molecule has 9 heteroatoms. The number of hydrogen-bond acceptors (Lipinski definition) is 6. The highest BCUT2D eigenvalue weighted by molar-refractivity contribution is 7.98. The van der Waals surface area contributed by atoms with Crippen LogP contribution in [-0.2, 0) is 20.9 Å². The van der Waals surface area contributed by atoms with E-state index in [2.05, 4.69) is 10.6 Å². The van der Waals surface area contributed by atoms with Crippen LogP contribution < -0.4 is 10.6 Å². The van der Waals surface area contributed by atoms with Crippen LogP contribution in [0.15, 0.2) is 30.3 Å². The molecule has 0 aliphatic carbocycles. The van der Waals surface area contributed by atoms with Crippen molar-refractivity contribution in [1.82, 2.24) is 10.6 Å². The van der Waals surface area contributed by atoms with Crippen molar-refractivity contribution in [2.75, 3.05) is 18.6 Å². The number of carbonyl (C=O) groups excluding carboxylic acids is 2. The molecule has 8 nitrogen and oxygen atoms in total. The lowest BCUT2D eigenvalue weighted by molar-refractivity contribution is -0.143. The minimum absolute atomic E-state index is 0.0535. The monoisotopic (exact) mass is 370 g/mol. The molecule has 1 aromatic rings. The maximum Gasteiger partial charge on any atom is 0.408 e. The van der Waals surface area contributed by atoms with Gasteiger partial charge in [0.1, 0.15) is 18.7 Å². The summed E-state index contributed by atoms with van der Waals surface area (Å²) < 4.78 is 5.06. The number of carboxylic acid groups (broad SMARTS) is 1. The van der Waals surface area contributed by atoms with Gasteiger partial charge < -0.3 is 25.6 Å². The van der Waals surface area contributed by atoms with Crippen molar-refractivity contribution in [3.63, 3.8) is 0 Å². The smallest absolute Gasteiger partial charge is 0.408 e. The van der Waals surface area contributed by atoms with Crippen LogP contribution >= 0.6 is 11.8 Å². The van der Waals surface area contributed by atoms with Crippen LogP contribution in [0, 0.1) is 0 Å². The quantitative estimate of drug-likeness (QED) is 0.475. The highest BCUT2D eigenvalue weighted by atomic mass is 32.2. The molecule has 0 aliphatic rings. The van der Waals surface area contributed by atoms with E-state index >= 15 is 0 Å². The molecule has 138 valence electrons. The molecule has 0 fully saturated rings. The van der Waals surface area contributed by atoms with Gasteiger partial charge in [0, 0.05) is 0 Å². The average molecular weight is 370 g/mol. The van der Waals surface area contributed by atoms with Gasteiger partial charge in [-0.05, 0) is 24.0 Å². The average Bonchev–Trinajstić information content (AvgIpc) is 2.61. The Kier molecular flexibility index (Phi) is 9.41.